The Bertz CT molecular complexity index is 476. The van der Waals surface area contributed by atoms with Gasteiger partial charge < -0.3 is 5.32 Å². The number of nitrogens with zero attached hydrogens (tertiary/aromatic N) is 1. The zero-order valence-electron chi connectivity index (χ0n) is 13.4. The standard InChI is InChI=1S/C17H26BrFN2/c1-12(15-11-13(18)5-6-16(15)19)20-14-7-9-21(10-8-14)17(2,3)4/h5-6,11-12,14,20H,7-10H2,1-4H3. The van der Waals surface area contributed by atoms with Crippen LogP contribution in [0.4, 0.5) is 4.39 Å². The molecule has 0 spiro atoms. The second kappa shape index (κ2) is 6.76. The van der Waals surface area contributed by atoms with E-state index in [1.54, 1.807) is 6.07 Å². The van der Waals surface area contributed by atoms with Crippen molar-refractivity contribution in [2.75, 3.05) is 13.1 Å². The Morgan fingerprint density at radius 1 is 1.29 bits per heavy atom. The first kappa shape index (κ1) is 16.9. The molecule has 2 nitrogen and oxygen atoms in total. The summed E-state index contributed by atoms with van der Waals surface area (Å²) in [6.07, 6.45) is 2.24. The maximum Gasteiger partial charge on any atom is 0.128 e. The minimum Gasteiger partial charge on any atom is -0.307 e. The molecule has 1 aliphatic heterocycles. The molecule has 0 aliphatic carbocycles. The summed E-state index contributed by atoms with van der Waals surface area (Å²) < 4.78 is 14.8. The van der Waals surface area contributed by atoms with E-state index in [9.17, 15) is 4.39 Å². The molecule has 0 radical (unpaired) electrons. The van der Waals surface area contributed by atoms with E-state index in [0.29, 0.717) is 6.04 Å². The van der Waals surface area contributed by atoms with Crippen LogP contribution >= 0.6 is 15.9 Å². The summed E-state index contributed by atoms with van der Waals surface area (Å²) in [5.74, 6) is -0.134. The number of piperidine rings is 1. The van der Waals surface area contributed by atoms with Gasteiger partial charge in [0.1, 0.15) is 5.82 Å². The van der Waals surface area contributed by atoms with E-state index in [0.717, 1.165) is 36.0 Å². The minimum absolute atomic E-state index is 0.0358. The summed E-state index contributed by atoms with van der Waals surface area (Å²) in [4.78, 5) is 2.52. The highest BCUT2D eigenvalue weighted by Gasteiger charge is 2.27. The molecular weight excluding hydrogens is 331 g/mol. The summed E-state index contributed by atoms with van der Waals surface area (Å²) in [6.45, 7) is 11.0. The van der Waals surface area contributed by atoms with Crippen molar-refractivity contribution < 1.29 is 4.39 Å². The predicted molar refractivity (Wildman–Crippen MR) is 90.0 cm³/mol. The van der Waals surface area contributed by atoms with Crippen molar-refractivity contribution in [3.8, 4) is 0 Å². The lowest BCUT2D eigenvalue weighted by molar-refractivity contribution is 0.0941. The summed E-state index contributed by atoms with van der Waals surface area (Å²) in [7, 11) is 0. The third-order valence-corrected chi connectivity index (χ3v) is 4.85. The fraction of sp³-hybridized carbons (Fsp3) is 0.647. The Labute approximate surface area is 136 Å². The van der Waals surface area contributed by atoms with Gasteiger partial charge >= 0.3 is 0 Å². The van der Waals surface area contributed by atoms with E-state index in [1.165, 1.54) is 6.07 Å². The van der Waals surface area contributed by atoms with Crippen LogP contribution < -0.4 is 5.32 Å². The van der Waals surface area contributed by atoms with Crippen LogP contribution in [0.15, 0.2) is 22.7 Å². The topological polar surface area (TPSA) is 15.3 Å². The number of benzene rings is 1. The smallest absolute Gasteiger partial charge is 0.128 e. The normalized spacial score (nSPS) is 19.7. The molecule has 1 aliphatic rings. The van der Waals surface area contributed by atoms with Crippen molar-refractivity contribution in [2.24, 2.45) is 0 Å². The van der Waals surface area contributed by atoms with Gasteiger partial charge in [0.15, 0.2) is 0 Å². The van der Waals surface area contributed by atoms with E-state index in [1.807, 2.05) is 13.0 Å². The molecule has 0 amide bonds. The van der Waals surface area contributed by atoms with Crippen LogP contribution in [0, 0.1) is 5.82 Å². The summed E-state index contributed by atoms with van der Waals surface area (Å²) in [6, 6.07) is 5.65. The monoisotopic (exact) mass is 356 g/mol. The Morgan fingerprint density at radius 2 is 1.90 bits per heavy atom. The average Bonchev–Trinajstić information content (AvgIpc) is 2.41. The van der Waals surface area contributed by atoms with Gasteiger partial charge in [-0.3, -0.25) is 4.90 Å². The van der Waals surface area contributed by atoms with E-state index in [2.05, 4.69) is 46.9 Å². The predicted octanol–water partition coefficient (Wildman–Crippen LogP) is 4.50. The van der Waals surface area contributed by atoms with Crippen molar-refractivity contribution in [3.63, 3.8) is 0 Å². The second-order valence-corrected chi connectivity index (χ2v) is 7.90. The van der Waals surface area contributed by atoms with Gasteiger partial charge in [-0.25, -0.2) is 4.39 Å². The maximum absolute atomic E-state index is 13.9. The highest BCUT2D eigenvalue weighted by atomic mass is 79.9. The van der Waals surface area contributed by atoms with Gasteiger partial charge in [0.2, 0.25) is 0 Å². The lowest BCUT2D eigenvalue weighted by Crippen LogP contribution is -2.50. The molecular formula is C17H26BrFN2. The molecule has 1 saturated heterocycles. The molecule has 4 heteroatoms. The molecule has 0 saturated carbocycles. The van der Waals surface area contributed by atoms with Gasteiger partial charge in [-0.05, 0) is 58.7 Å². The van der Waals surface area contributed by atoms with E-state index in [4.69, 9.17) is 0 Å². The molecule has 0 aromatic heterocycles. The van der Waals surface area contributed by atoms with Gasteiger partial charge in [0, 0.05) is 40.7 Å². The summed E-state index contributed by atoms with van der Waals surface area (Å²) in [5.41, 5.74) is 0.982. The Hall–Kier alpha value is -0.450. The van der Waals surface area contributed by atoms with Gasteiger partial charge in [-0.1, -0.05) is 15.9 Å². The number of nitrogens with one attached hydrogen (secondary N) is 1. The van der Waals surface area contributed by atoms with Gasteiger partial charge in [0.25, 0.3) is 0 Å². The molecule has 1 atom stereocenters. The molecule has 0 bridgehead atoms. The van der Waals surface area contributed by atoms with Crippen LogP contribution in [0.1, 0.15) is 52.1 Å². The third-order valence-electron chi connectivity index (χ3n) is 4.35. The fourth-order valence-electron chi connectivity index (χ4n) is 3.01. The third kappa shape index (κ3) is 4.51. The number of rotatable bonds is 3. The molecule has 21 heavy (non-hydrogen) atoms. The Kier molecular flexibility index (Phi) is 5.44. The molecule has 1 fully saturated rings. The number of likely N-dealkylation sites (tertiary alicyclic amines) is 1. The van der Waals surface area contributed by atoms with Crippen LogP contribution in [-0.4, -0.2) is 29.6 Å². The van der Waals surface area contributed by atoms with Crippen molar-refractivity contribution in [2.45, 2.75) is 58.2 Å². The number of hydrogen-bond donors (Lipinski definition) is 1. The zero-order valence-corrected chi connectivity index (χ0v) is 15.0. The first-order valence-electron chi connectivity index (χ1n) is 7.73. The molecule has 1 aromatic carbocycles. The van der Waals surface area contributed by atoms with Gasteiger partial charge in [0.05, 0.1) is 0 Å². The van der Waals surface area contributed by atoms with Crippen LogP contribution in [0.5, 0.6) is 0 Å². The molecule has 2 rings (SSSR count). The molecule has 1 unspecified atom stereocenters. The largest absolute Gasteiger partial charge is 0.307 e. The van der Waals surface area contributed by atoms with E-state index in [-0.39, 0.29) is 17.4 Å². The van der Waals surface area contributed by atoms with Crippen molar-refractivity contribution in [3.05, 3.63) is 34.1 Å². The number of hydrogen-bond acceptors (Lipinski definition) is 2. The lowest BCUT2D eigenvalue weighted by Gasteiger charge is -2.41. The Balaban J connectivity index is 1.93. The molecule has 1 heterocycles. The Morgan fingerprint density at radius 3 is 2.48 bits per heavy atom. The van der Waals surface area contributed by atoms with Crippen LogP contribution in [0.25, 0.3) is 0 Å². The number of halogens is 2. The van der Waals surface area contributed by atoms with E-state index < -0.39 is 0 Å². The highest BCUT2D eigenvalue weighted by Crippen LogP contribution is 2.25. The quantitative estimate of drug-likeness (QED) is 0.857. The maximum atomic E-state index is 13.9. The van der Waals surface area contributed by atoms with Gasteiger partial charge in [-0.2, -0.15) is 0 Å². The minimum atomic E-state index is -0.134. The van der Waals surface area contributed by atoms with Crippen LogP contribution in [-0.2, 0) is 0 Å². The average molecular weight is 357 g/mol. The molecule has 1 aromatic rings. The molecule has 1 N–H and O–H groups in total. The SMILES string of the molecule is CC(NC1CCN(C(C)(C)C)CC1)c1cc(Br)ccc1F. The van der Waals surface area contributed by atoms with Crippen LogP contribution in [0.2, 0.25) is 0 Å². The summed E-state index contributed by atoms with van der Waals surface area (Å²) >= 11 is 3.42. The van der Waals surface area contributed by atoms with Crippen LogP contribution in [0.3, 0.4) is 0 Å². The summed E-state index contributed by atoms with van der Waals surface area (Å²) in [5, 5.41) is 3.59. The second-order valence-electron chi connectivity index (χ2n) is 6.99. The fourth-order valence-corrected chi connectivity index (χ4v) is 3.39. The van der Waals surface area contributed by atoms with Crippen molar-refractivity contribution in [1.82, 2.24) is 10.2 Å². The first-order chi connectivity index (χ1) is 9.77. The molecule has 118 valence electrons. The van der Waals surface area contributed by atoms with Crippen molar-refractivity contribution in [1.29, 1.82) is 0 Å². The highest BCUT2D eigenvalue weighted by molar-refractivity contribution is 9.10. The van der Waals surface area contributed by atoms with E-state index >= 15 is 0 Å². The lowest BCUT2D eigenvalue weighted by atomic mass is 9.97. The van der Waals surface area contributed by atoms with Crippen molar-refractivity contribution >= 4 is 15.9 Å². The zero-order chi connectivity index (χ0) is 15.6. The first-order valence-corrected chi connectivity index (χ1v) is 8.52. The van der Waals surface area contributed by atoms with Gasteiger partial charge in [-0.15, -0.1) is 0 Å².